The number of benzene rings is 1. The molecule has 3 N–H and O–H groups in total. The predicted octanol–water partition coefficient (Wildman–Crippen LogP) is 1.42. The van der Waals surface area contributed by atoms with Gasteiger partial charge in [-0.2, -0.15) is 13.2 Å². The molecule has 20 heavy (non-hydrogen) atoms. The van der Waals surface area contributed by atoms with Crippen molar-refractivity contribution in [2.75, 3.05) is 6.54 Å². The summed E-state index contributed by atoms with van der Waals surface area (Å²) < 4.78 is 71.3. The van der Waals surface area contributed by atoms with Gasteiger partial charge in [-0.05, 0) is 12.1 Å². The van der Waals surface area contributed by atoms with Gasteiger partial charge in [0.15, 0.2) is 0 Å². The van der Waals surface area contributed by atoms with Crippen molar-refractivity contribution in [2.45, 2.75) is 11.1 Å². The van der Waals surface area contributed by atoms with Crippen molar-refractivity contribution < 1.29 is 30.8 Å². The zero-order valence-electron chi connectivity index (χ0n) is 9.46. The Bertz CT molecular complexity index is 645. The maximum atomic E-state index is 13.4. The number of halogens is 5. The number of amides is 1. The zero-order chi connectivity index (χ0) is 15.7. The second kappa shape index (κ2) is 5.54. The number of nitrogens with two attached hydrogens (primary N) is 1. The highest BCUT2D eigenvalue weighted by Gasteiger charge is 2.29. The highest BCUT2D eigenvalue weighted by atomic mass is 35.5. The van der Waals surface area contributed by atoms with Crippen LogP contribution < -0.4 is 10.5 Å². The van der Waals surface area contributed by atoms with Crippen LogP contribution in [-0.2, 0) is 10.0 Å². The molecule has 0 aliphatic carbocycles. The van der Waals surface area contributed by atoms with Crippen molar-refractivity contribution in [2.24, 2.45) is 5.14 Å². The maximum Gasteiger partial charge on any atom is 0.405 e. The Labute approximate surface area is 115 Å². The third-order valence-electron chi connectivity index (χ3n) is 2.02. The lowest BCUT2D eigenvalue weighted by molar-refractivity contribution is -0.123. The van der Waals surface area contributed by atoms with Crippen LogP contribution in [0.1, 0.15) is 10.4 Å². The molecule has 1 aromatic rings. The molecule has 1 rings (SSSR count). The summed E-state index contributed by atoms with van der Waals surface area (Å²) in [6, 6.07) is 1.05. The van der Waals surface area contributed by atoms with Gasteiger partial charge in [-0.3, -0.25) is 4.79 Å². The molecule has 0 aromatic heterocycles. The van der Waals surface area contributed by atoms with E-state index in [-0.39, 0.29) is 0 Å². The van der Waals surface area contributed by atoms with Crippen molar-refractivity contribution in [3.63, 3.8) is 0 Å². The van der Waals surface area contributed by atoms with Crippen LogP contribution in [0.4, 0.5) is 17.6 Å². The minimum atomic E-state index is -4.68. The molecule has 0 aliphatic rings. The Balaban J connectivity index is 3.18. The molecule has 0 radical (unpaired) electrons. The van der Waals surface area contributed by atoms with Gasteiger partial charge >= 0.3 is 6.18 Å². The van der Waals surface area contributed by atoms with Gasteiger partial charge in [-0.15, -0.1) is 0 Å². The van der Waals surface area contributed by atoms with E-state index < -0.39 is 50.0 Å². The van der Waals surface area contributed by atoms with E-state index in [1.165, 1.54) is 5.32 Å². The first-order valence-electron chi connectivity index (χ1n) is 4.78. The van der Waals surface area contributed by atoms with Gasteiger partial charge in [0.05, 0.1) is 15.5 Å². The second-order valence-corrected chi connectivity index (χ2v) is 5.55. The third kappa shape index (κ3) is 4.32. The topological polar surface area (TPSA) is 89.3 Å². The summed E-state index contributed by atoms with van der Waals surface area (Å²) in [4.78, 5) is 10.7. The first kappa shape index (κ1) is 16.7. The fourth-order valence-corrected chi connectivity index (χ4v) is 1.91. The number of nitrogens with one attached hydrogen (secondary N) is 1. The summed E-state index contributed by atoms with van der Waals surface area (Å²) in [5, 5.41) is 5.37. The van der Waals surface area contributed by atoms with Gasteiger partial charge in [-0.25, -0.2) is 17.9 Å². The third-order valence-corrected chi connectivity index (χ3v) is 3.30. The molecule has 0 spiro atoms. The number of hydrogen-bond acceptors (Lipinski definition) is 3. The largest absolute Gasteiger partial charge is 0.405 e. The molecule has 0 aliphatic heterocycles. The highest BCUT2D eigenvalue weighted by Crippen LogP contribution is 2.24. The van der Waals surface area contributed by atoms with Crippen LogP contribution in [0.5, 0.6) is 0 Å². The molecular weight excluding hydrogens is 328 g/mol. The van der Waals surface area contributed by atoms with E-state index in [4.69, 9.17) is 16.7 Å². The lowest BCUT2D eigenvalue weighted by atomic mass is 10.2. The predicted molar refractivity (Wildman–Crippen MR) is 61.2 cm³/mol. The first-order valence-corrected chi connectivity index (χ1v) is 6.71. The SMILES string of the molecule is NS(=O)(=O)c1cc(F)c(Cl)c(C(=O)NCC(F)(F)F)c1. The van der Waals surface area contributed by atoms with Gasteiger partial charge in [0.25, 0.3) is 5.91 Å². The molecule has 0 bridgehead atoms. The van der Waals surface area contributed by atoms with Crippen LogP contribution in [0.3, 0.4) is 0 Å². The van der Waals surface area contributed by atoms with E-state index >= 15 is 0 Å². The van der Waals surface area contributed by atoms with Crippen molar-refractivity contribution in [3.8, 4) is 0 Å². The zero-order valence-corrected chi connectivity index (χ0v) is 11.0. The molecular formula is C9H7ClF4N2O3S. The minimum absolute atomic E-state index is 0.457. The van der Waals surface area contributed by atoms with Gasteiger partial charge in [0.2, 0.25) is 10.0 Å². The number of carbonyl (C=O) groups is 1. The molecule has 5 nitrogen and oxygen atoms in total. The molecule has 1 amide bonds. The fraction of sp³-hybridized carbons (Fsp3) is 0.222. The van der Waals surface area contributed by atoms with Crippen LogP contribution in [0, 0.1) is 5.82 Å². The normalized spacial score (nSPS) is 12.3. The molecule has 0 heterocycles. The molecule has 0 saturated heterocycles. The second-order valence-electron chi connectivity index (χ2n) is 3.61. The van der Waals surface area contributed by atoms with E-state index in [0.29, 0.717) is 12.1 Å². The molecule has 11 heteroatoms. The summed E-state index contributed by atoms with van der Waals surface area (Å²) in [6.45, 7) is -1.68. The number of carbonyl (C=O) groups excluding carboxylic acids is 1. The van der Waals surface area contributed by atoms with E-state index in [0.717, 1.165) is 0 Å². The van der Waals surface area contributed by atoms with Gasteiger partial charge < -0.3 is 5.32 Å². The van der Waals surface area contributed by atoms with Crippen LogP contribution in [0.25, 0.3) is 0 Å². The molecule has 0 saturated carbocycles. The quantitative estimate of drug-likeness (QED) is 0.819. The standard InChI is InChI=1S/C9H7ClF4N2O3S/c10-7-5(8(17)16-3-9(12,13)14)1-4(2-6(7)11)20(15,18)19/h1-2H,3H2,(H,16,17)(H2,15,18,19). The first-order chi connectivity index (χ1) is 8.92. The number of alkyl halides is 3. The minimum Gasteiger partial charge on any atom is -0.343 e. The summed E-state index contributed by atoms with van der Waals surface area (Å²) >= 11 is 5.41. The number of rotatable bonds is 3. The van der Waals surface area contributed by atoms with E-state index in [1.807, 2.05) is 0 Å². The lowest BCUT2D eigenvalue weighted by Crippen LogP contribution is -2.34. The van der Waals surface area contributed by atoms with Gasteiger partial charge in [0.1, 0.15) is 12.4 Å². The molecule has 112 valence electrons. The Morgan fingerprint density at radius 3 is 2.35 bits per heavy atom. The highest BCUT2D eigenvalue weighted by molar-refractivity contribution is 7.89. The van der Waals surface area contributed by atoms with Crippen molar-refractivity contribution in [3.05, 3.63) is 28.5 Å². The van der Waals surface area contributed by atoms with Crippen LogP contribution in [-0.4, -0.2) is 27.0 Å². The van der Waals surface area contributed by atoms with Crippen LogP contribution in [0.15, 0.2) is 17.0 Å². The van der Waals surface area contributed by atoms with Gasteiger partial charge in [-0.1, -0.05) is 11.6 Å². The van der Waals surface area contributed by atoms with Crippen molar-refractivity contribution in [1.82, 2.24) is 5.32 Å². The molecule has 1 aromatic carbocycles. The monoisotopic (exact) mass is 334 g/mol. The van der Waals surface area contributed by atoms with Crippen molar-refractivity contribution in [1.29, 1.82) is 0 Å². The van der Waals surface area contributed by atoms with E-state index in [1.54, 1.807) is 0 Å². The lowest BCUT2D eigenvalue weighted by Gasteiger charge is -2.10. The van der Waals surface area contributed by atoms with Crippen molar-refractivity contribution >= 4 is 27.5 Å². The molecule has 0 unspecified atom stereocenters. The Morgan fingerprint density at radius 1 is 1.35 bits per heavy atom. The number of hydrogen-bond donors (Lipinski definition) is 2. The Morgan fingerprint density at radius 2 is 1.90 bits per heavy atom. The smallest absolute Gasteiger partial charge is 0.343 e. The maximum absolute atomic E-state index is 13.4. The average molecular weight is 335 g/mol. The fourth-order valence-electron chi connectivity index (χ4n) is 1.17. The Hall–Kier alpha value is -1.39. The van der Waals surface area contributed by atoms with Crippen LogP contribution >= 0.6 is 11.6 Å². The van der Waals surface area contributed by atoms with E-state index in [9.17, 15) is 30.8 Å². The number of primary sulfonamides is 1. The van der Waals surface area contributed by atoms with E-state index in [2.05, 4.69) is 0 Å². The summed E-state index contributed by atoms with van der Waals surface area (Å²) in [6.07, 6.45) is -4.68. The van der Waals surface area contributed by atoms with Gasteiger partial charge in [0, 0.05) is 0 Å². The summed E-state index contributed by atoms with van der Waals surface area (Å²) in [5.74, 6) is -2.67. The summed E-state index contributed by atoms with van der Waals surface area (Å²) in [5.41, 5.74) is -0.764. The number of sulfonamides is 1. The average Bonchev–Trinajstić information content (AvgIpc) is 2.27. The Kier molecular flexibility index (Phi) is 4.62. The van der Waals surface area contributed by atoms with Crippen LogP contribution in [0.2, 0.25) is 5.02 Å². The molecule has 0 fully saturated rings. The summed E-state index contributed by atoms with van der Waals surface area (Å²) in [7, 11) is -4.34. The molecule has 0 atom stereocenters.